The summed E-state index contributed by atoms with van der Waals surface area (Å²) in [5, 5.41) is 11.5. The quantitative estimate of drug-likeness (QED) is 0.659. The molecule has 0 unspecified atom stereocenters. The number of hydrogen-bond donors (Lipinski definition) is 2. The van der Waals surface area contributed by atoms with Crippen molar-refractivity contribution in [1.29, 1.82) is 0 Å². The van der Waals surface area contributed by atoms with Crippen molar-refractivity contribution in [2.75, 3.05) is 12.4 Å². The van der Waals surface area contributed by atoms with Crippen LogP contribution in [0.2, 0.25) is 5.02 Å². The summed E-state index contributed by atoms with van der Waals surface area (Å²) >= 11 is 7.33. The molecule has 0 aliphatic heterocycles. The molecular weight excluding hydrogens is 378 g/mol. The largest absolute Gasteiger partial charge is 0.495 e. The summed E-state index contributed by atoms with van der Waals surface area (Å²) in [5.74, 6) is 0.585. The third-order valence-electron chi connectivity index (χ3n) is 3.59. The van der Waals surface area contributed by atoms with Gasteiger partial charge < -0.3 is 20.4 Å². The number of nitrogens with one attached hydrogen (secondary N) is 1. The molecule has 3 N–H and O–H groups in total. The van der Waals surface area contributed by atoms with Crippen molar-refractivity contribution in [2.24, 2.45) is 12.8 Å². The van der Waals surface area contributed by atoms with E-state index in [1.54, 1.807) is 36.7 Å². The first-order chi connectivity index (χ1) is 12.3. The van der Waals surface area contributed by atoms with Crippen LogP contribution in [0.1, 0.15) is 19.2 Å². The number of anilines is 1. The lowest BCUT2D eigenvalue weighted by Gasteiger charge is -2.12. The van der Waals surface area contributed by atoms with Gasteiger partial charge in [0.1, 0.15) is 11.6 Å². The molecule has 0 saturated heterocycles. The number of hydrogen-bond acceptors (Lipinski definition) is 6. The molecule has 0 bridgehead atoms. The van der Waals surface area contributed by atoms with Crippen LogP contribution in [0.4, 0.5) is 5.69 Å². The second-order valence-corrected chi connectivity index (χ2v) is 7.24. The Bertz CT molecular complexity index is 811. The molecule has 26 heavy (non-hydrogen) atoms. The number of methoxy groups -OCH3 is 1. The van der Waals surface area contributed by atoms with Crippen molar-refractivity contribution in [2.45, 2.75) is 30.2 Å². The summed E-state index contributed by atoms with van der Waals surface area (Å²) in [5.41, 5.74) is 5.73. The molecule has 0 fully saturated rings. The summed E-state index contributed by atoms with van der Waals surface area (Å²) < 4.78 is 6.84. The maximum atomic E-state index is 12.4. The Morgan fingerprint density at radius 1 is 1.42 bits per heavy atom. The Kier molecular flexibility index (Phi) is 6.87. The van der Waals surface area contributed by atoms with E-state index < -0.39 is 11.2 Å². The van der Waals surface area contributed by atoms with Gasteiger partial charge in [0.05, 0.1) is 17.4 Å². The average molecular weight is 398 g/mol. The number of nitrogens with two attached hydrogens (primary N) is 1. The molecule has 8 nitrogen and oxygen atoms in total. The average Bonchev–Trinajstić information content (AvgIpc) is 2.93. The fraction of sp³-hybridized carbons (Fsp3) is 0.375. The first-order valence-corrected chi connectivity index (χ1v) is 9.05. The number of nitrogens with zero attached hydrogens (tertiary/aromatic N) is 3. The normalized spacial score (nSPS) is 11.8. The van der Waals surface area contributed by atoms with E-state index in [2.05, 4.69) is 15.5 Å². The molecular formula is C16H20ClN5O3S. The minimum absolute atomic E-state index is 0.196. The molecule has 0 aliphatic rings. The number of aromatic nitrogens is 3. The van der Waals surface area contributed by atoms with Gasteiger partial charge in [0.15, 0.2) is 5.16 Å². The molecule has 0 spiro atoms. The minimum Gasteiger partial charge on any atom is -0.495 e. The van der Waals surface area contributed by atoms with E-state index in [1.807, 2.05) is 0 Å². The number of aryl methyl sites for hydroxylation is 1. The van der Waals surface area contributed by atoms with Gasteiger partial charge in [0, 0.05) is 25.6 Å². The van der Waals surface area contributed by atoms with Crippen LogP contribution < -0.4 is 15.8 Å². The number of thioether (sulfide) groups is 1. The molecule has 2 aromatic rings. The highest BCUT2D eigenvalue weighted by atomic mass is 35.5. The van der Waals surface area contributed by atoms with Crippen molar-refractivity contribution in [1.82, 2.24) is 14.8 Å². The Hall–Kier alpha value is -2.26. The monoisotopic (exact) mass is 397 g/mol. The summed E-state index contributed by atoms with van der Waals surface area (Å²) in [6, 6.07) is 5.02. The van der Waals surface area contributed by atoms with Gasteiger partial charge in [-0.3, -0.25) is 9.59 Å². The second kappa shape index (κ2) is 8.91. The third-order valence-corrected chi connectivity index (χ3v) is 5.02. The first-order valence-electron chi connectivity index (χ1n) is 7.79. The Morgan fingerprint density at radius 3 is 2.77 bits per heavy atom. The Morgan fingerprint density at radius 2 is 2.15 bits per heavy atom. The fourth-order valence-electron chi connectivity index (χ4n) is 2.10. The summed E-state index contributed by atoms with van der Waals surface area (Å²) in [4.78, 5) is 23.3. The number of ether oxygens (including phenoxy) is 1. The van der Waals surface area contributed by atoms with Gasteiger partial charge in [-0.15, -0.1) is 10.2 Å². The van der Waals surface area contributed by atoms with Crippen LogP contribution in [-0.4, -0.2) is 38.9 Å². The van der Waals surface area contributed by atoms with Gasteiger partial charge in [-0.05, 0) is 25.1 Å². The molecule has 0 radical (unpaired) electrons. The van der Waals surface area contributed by atoms with Crippen LogP contribution in [0.15, 0.2) is 23.4 Å². The van der Waals surface area contributed by atoms with Crippen LogP contribution in [0, 0.1) is 0 Å². The van der Waals surface area contributed by atoms with Crippen LogP contribution in [-0.2, 0) is 23.1 Å². The molecule has 2 rings (SSSR count). The lowest BCUT2D eigenvalue weighted by molar-refractivity contribution is -0.118. The highest BCUT2D eigenvalue weighted by molar-refractivity contribution is 8.00. The predicted molar refractivity (Wildman–Crippen MR) is 100 cm³/mol. The third kappa shape index (κ3) is 5.12. The van der Waals surface area contributed by atoms with Gasteiger partial charge in [-0.25, -0.2) is 0 Å². The second-order valence-electron chi connectivity index (χ2n) is 5.52. The molecule has 2 amide bonds. The predicted octanol–water partition coefficient (Wildman–Crippen LogP) is 2.01. The molecule has 1 heterocycles. The van der Waals surface area contributed by atoms with Crippen molar-refractivity contribution >= 4 is 40.9 Å². The zero-order valence-electron chi connectivity index (χ0n) is 14.7. The van der Waals surface area contributed by atoms with Crippen molar-refractivity contribution in [3.63, 3.8) is 0 Å². The van der Waals surface area contributed by atoms with E-state index >= 15 is 0 Å². The number of benzene rings is 1. The van der Waals surface area contributed by atoms with E-state index in [0.29, 0.717) is 33.9 Å². The van der Waals surface area contributed by atoms with Crippen LogP contribution in [0.5, 0.6) is 5.75 Å². The van der Waals surface area contributed by atoms with E-state index in [-0.39, 0.29) is 12.3 Å². The Labute approximate surface area is 160 Å². The van der Waals surface area contributed by atoms with Crippen molar-refractivity contribution in [3.8, 4) is 5.75 Å². The highest BCUT2D eigenvalue weighted by Crippen LogP contribution is 2.28. The van der Waals surface area contributed by atoms with E-state index in [9.17, 15) is 9.59 Å². The number of amides is 2. The van der Waals surface area contributed by atoms with Crippen LogP contribution >= 0.6 is 23.4 Å². The maximum Gasteiger partial charge on any atom is 0.237 e. The molecule has 1 aromatic carbocycles. The summed E-state index contributed by atoms with van der Waals surface area (Å²) in [6.07, 6.45) is 0.606. The molecule has 1 atom stereocenters. The summed E-state index contributed by atoms with van der Waals surface area (Å²) in [7, 11) is 3.31. The lowest BCUT2D eigenvalue weighted by Crippen LogP contribution is -2.22. The van der Waals surface area contributed by atoms with Gasteiger partial charge in [0.25, 0.3) is 0 Å². The number of carbonyl (C=O) groups is 2. The molecule has 10 heteroatoms. The lowest BCUT2D eigenvalue weighted by atomic mass is 10.3. The van der Waals surface area contributed by atoms with E-state index in [0.717, 1.165) is 0 Å². The van der Waals surface area contributed by atoms with E-state index in [4.69, 9.17) is 22.1 Å². The SMILES string of the molecule is COc1ccc(NC(=O)[C@H](C)Sc2nnc(CCC(N)=O)n2C)cc1Cl. The zero-order valence-corrected chi connectivity index (χ0v) is 16.2. The highest BCUT2D eigenvalue weighted by Gasteiger charge is 2.19. The van der Waals surface area contributed by atoms with Gasteiger partial charge in [-0.2, -0.15) is 0 Å². The zero-order chi connectivity index (χ0) is 19.3. The fourth-order valence-corrected chi connectivity index (χ4v) is 3.19. The van der Waals surface area contributed by atoms with Crippen molar-refractivity contribution in [3.05, 3.63) is 29.0 Å². The smallest absolute Gasteiger partial charge is 0.237 e. The van der Waals surface area contributed by atoms with Gasteiger partial charge in [-0.1, -0.05) is 23.4 Å². The first kappa shape index (κ1) is 20.1. The van der Waals surface area contributed by atoms with E-state index in [1.165, 1.54) is 18.9 Å². The van der Waals surface area contributed by atoms with Crippen LogP contribution in [0.25, 0.3) is 0 Å². The number of carbonyl (C=O) groups excluding carboxylic acids is 2. The van der Waals surface area contributed by atoms with Gasteiger partial charge >= 0.3 is 0 Å². The number of rotatable bonds is 8. The maximum absolute atomic E-state index is 12.4. The van der Waals surface area contributed by atoms with Gasteiger partial charge in [0.2, 0.25) is 11.8 Å². The van der Waals surface area contributed by atoms with Crippen LogP contribution in [0.3, 0.4) is 0 Å². The minimum atomic E-state index is -0.414. The molecule has 1 aromatic heterocycles. The summed E-state index contributed by atoms with van der Waals surface area (Å²) in [6.45, 7) is 1.77. The van der Waals surface area contributed by atoms with Crippen molar-refractivity contribution < 1.29 is 14.3 Å². The topological polar surface area (TPSA) is 112 Å². The number of halogens is 1. The standard InChI is InChI=1S/C16H20ClN5O3S/c1-9(15(24)19-10-4-5-12(25-3)11(17)8-10)26-16-21-20-14(22(16)2)7-6-13(18)23/h4-5,8-9H,6-7H2,1-3H3,(H2,18,23)(H,19,24)/t9-/m0/s1. The number of primary amides is 1. The molecule has 0 saturated carbocycles. The molecule has 140 valence electrons. The molecule has 0 aliphatic carbocycles. The Balaban J connectivity index is 1.98.